The number of amides is 1. The van der Waals surface area contributed by atoms with Crippen LogP contribution in [0.2, 0.25) is 0 Å². The Morgan fingerprint density at radius 1 is 1.33 bits per heavy atom. The first kappa shape index (κ1) is 14.8. The number of nitrogens with one attached hydrogen (secondary N) is 1. The highest BCUT2D eigenvalue weighted by Crippen LogP contribution is 2.31. The van der Waals surface area contributed by atoms with Crippen LogP contribution in [-0.2, 0) is 4.74 Å². The molecule has 0 bridgehead atoms. The van der Waals surface area contributed by atoms with E-state index in [1.54, 1.807) is 13.2 Å². The minimum Gasteiger partial charge on any atom is -0.495 e. The first-order valence-corrected chi connectivity index (χ1v) is 6.36. The summed E-state index contributed by atoms with van der Waals surface area (Å²) in [6, 6.07) is 3.63. The van der Waals surface area contributed by atoms with Gasteiger partial charge in [0, 0.05) is 4.47 Å². The number of ether oxygens (including phenoxy) is 2. The average Bonchev–Trinajstić information content (AvgIpc) is 2.20. The van der Waals surface area contributed by atoms with Gasteiger partial charge in [-0.05, 0) is 45.4 Å². The number of hydrogen-bond donors (Lipinski definition) is 1. The summed E-state index contributed by atoms with van der Waals surface area (Å²) in [4.78, 5) is 11.7. The number of carbonyl (C=O) groups excluding carboxylic acids is 1. The quantitative estimate of drug-likeness (QED) is 0.893. The molecule has 18 heavy (non-hydrogen) atoms. The summed E-state index contributed by atoms with van der Waals surface area (Å²) in [6.45, 7) is 7.39. The third-order valence-electron chi connectivity index (χ3n) is 2.12. The second-order valence-corrected chi connectivity index (χ2v) is 5.78. The van der Waals surface area contributed by atoms with Gasteiger partial charge in [0.2, 0.25) is 0 Å². The molecule has 0 aliphatic heterocycles. The van der Waals surface area contributed by atoms with Crippen molar-refractivity contribution in [3.8, 4) is 5.75 Å². The molecule has 100 valence electrons. The summed E-state index contributed by atoms with van der Waals surface area (Å²) >= 11 is 3.41. The van der Waals surface area contributed by atoms with Gasteiger partial charge in [0.25, 0.3) is 0 Å². The number of aryl methyl sites for hydroxylation is 1. The second-order valence-electron chi connectivity index (χ2n) is 4.93. The predicted octanol–water partition coefficient (Wildman–Crippen LogP) is 4.11. The summed E-state index contributed by atoms with van der Waals surface area (Å²) < 4.78 is 11.3. The number of carbonyl (C=O) groups is 1. The smallest absolute Gasteiger partial charge is 0.412 e. The summed E-state index contributed by atoms with van der Waals surface area (Å²) in [7, 11) is 1.56. The highest BCUT2D eigenvalue weighted by atomic mass is 79.9. The molecule has 0 fully saturated rings. The zero-order valence-corrected chi connectivity index (χ0v) is 12.8. The molecule has 4 nitrogen and oxygen atoms in total. The van der Waals surface area contributed by atoms with Crippen LogP contribution in [0.25, 0.3) is 0 Å². The molecular weight excluding hydrogens is 298 g/mol. The van der Waals surface area contributed by atoms with Gasteiger partial charge in [-0.1, -0.05) is 15.9 Å². The minimum atomic E-state index is -0.529. The standard InChI is InChI=1S/C13H18BrNO3/c1-8-6-11(17-5)10(7-9(8)14)15-12(16)18-13(2,3)4/h6-7H,1-5H3,(H,15,16). The largest absolute Gasteiger partial charge is 0.495 e. The molecule has 1 rings (SSSR count). The molecule has 0 spiro atoms. The summed E-state index contributed by atoms with van der Waals surface area (Å²) in [5.41, 5.74) is 1.07. The lowest BCUT2D eigenvalue weighted by Gasteiger charge is -2.20. The van der Waals surface area contributed by atoms with Crippen molar-refractivity contribution >= 4 is 27.7 Å². The fraction of sp³-hybridized carbons (Fsp3) is 0.462. The van der Waals surface area contributed by atoms with E-state index in [9.17, 15) is 4.79 Å². The van der Waals surface area contributed by atoms with Crippen molar-refractivity contribution in [1.29, 1.82) is 0 Å². The van der Waals surface area contributed by atoms with Crippen molar-refractivity contribution < 1.29 is 14.3 Å². The Hall–Kier alpha value is -1.23. The summed E-state index contributed by atoms with van der Waals surface area (Å²) in [5, 5.41) is 2.67. The Labute approximate surface area is 116 Å². The number of benzene rings is 1. The third kappa shape index (κ3) is 4.22. The fourth-order valence-corrected chi connectivity index (χ4v) is 1.68. The van der Waals surface area contributed by atoms with Crippen molar-refractivity contribution in [2.24, 2.45) is 0 Å². The summed E-state index contributed by atoms with van der Waals surface area (Å²) in [6.07, 6.45) is -0.503. The van der Waals surface area contributed by atoms with Gasteiger partial charge < -0.3 is 9.47 Å². The Morgan fingerprint density at radius 2 is 1.94 bits per heavy atom. The van der Waals surface area contributed by atoms with Crippen LogP contribution in [0.5, 0.6) is 5.75 Å². The molecule has 0 aromatic heterocycles. The highest BCUT2D eigenvalue weighted by Gasteiger charge is 2.18. The Balaban J connectivity index is 2.90. The maximum absolute atomic E-state index is 11.7. The van der Waals surface area contributed by atoms with Gasteiger partial charge in [-0.3, -0.25) is 5.32 Å². The van der Waals surface area contributed by atoms with E-state index in [4.69, 9.17) is 9.47 Å². The van der Waals surface area contributed by atoms with Crippen LogP contribution in [0.4, 0.5) is 10.5 Å². The van der Waals surface area contributed by atoms with Crippen molar-refractivity contribution in [1.82, 2.24) is 0 Å². The van der Waals surface area contributed by atoms with Gasteiger partial charge in [-0.2, -0.15) is 0 Å². The molecule has 1 amide bonds. The lowest BCUT2D eigenvalue weighted by atomic mass is 10.2. The van der Waals surface area contributed by atoms with E-state index in [0.717, 1.165) is 10.0 Å². The van der Waals surface area contributed by atoms with Crippen LogP contribution in [-0.4, -0.2) is 18.8 Å². The average molecular weight is 316 g/mol. The fourth-order valence-electron chi connectivity index (χ4n) is 1.34. The van der Waals surface area contributed by atoms with E-state index in [0.29, 0.717) is 11.4 Å². The monoisotopic (exact) mass is 315 g/mol. The molecular formula is C13H18BrNO3. The maximum Gasteiger partial charge on any atom is 0.412 e. The Kier molecular flexibility index (Phi) is 4.62. The van der Waals surface area contributed by atoms with Gasteiger partial charge in [0.15, 0.2) is 0 Å². The van der Waals surface area contributed by atoms with Gasteiger partial charge in [0.1, 0.15) is 11.4 Å². The molecule has 0 unspecified atom stereocenters. The zero-order chi connectivity index (χ0) is 13.9. The van der Waals surface area contributed by atoms with Gasteiger partial charge >= 0.3 is 6.09 Å². The molecule has 5 heteroatoms. The molecule has 1 aromatic carbocycles. The van der Waals surface area contributed by atoms with Crippen LogP contribution in [0, 0.1) is 6.92 Å². The lowest BCUT2D eigenvalue weighted by molar-refractivity contribution is 0.0635. The zero-order valence-electron chi connectivity index (χ0n) is 11.3. The first-order chi connectivity index (χ1) is 8.23. The van der Waals surface area contributed by atoms with Crippen LogP contribution in [0.1, 0.15) is 26.3 Å². The van der Waals surface area contributed by atoms with Crippen LogP contribution in [0.3, 0.4) is 0 Å². The van der Waals surface area contributed by atoms with E-state index >= 15 is 0 Å². The predicted molar refractivity (Wildman–Crippen MR) is 75.3 cm³/mol. The SMILES string of the molecule is COc1cc(C)c(Br)cc1NC(=O)OC(C)(C)C. The van der Waals surface area contributed by atoms with Crippen LogP contribution in [0.15, 0.2) is 16.6 Å². The van der Waals surface area contributed by atoms with Crippen LogP contribution < -0.4 is 10.1 Å². The molecule has 0 saturated heterocycles. The van der Waals surface area contributed by atoms with E-state index < -0.39 is 11.7 Å². The normalized spacial score (nSPS) is 11.0. The van der Waals surface area contributed by atoms with E-state index in [1.165, 1.54) is 0 Å². The molecule has 1 aromatic rings. The number of halogens is 1. The van der Waals surface area contributed by atoms with Gasteiger partial charge in [0.05, 0.1) is 12.8 Å². The van der Waals surface area contributed by atoms with Crippen molar-refractivity contribution in [3.63, 3.8) is 0 Å². The van der Waals surface area contributed by atoms with Crippen LogP contribution >= 0.6 is 15.9 Å². The topological polar surface area (TPSA) is 47.6 Å². The van der Waals surface area contributed by atoms with Gasteiger partial charge in [-0.15, -0.1) is 0 Å². The van der Waals surface area contributed by atoms with Crippen molar-refractivity contribution in [2.45, 2.75) is 33.3 Å². The molecule has 0 heterocycles. The number of anilines is 1. The minimum absolute atomic E-state index is 0.503. The molecule has 0 saturated carbocycles. The number of hydrogen-bond acceptors (Lipinski definition) is 3. The first-order valence-electron chi connectivity index (χ1n) is 5.57. The molecule has 0 aliphatic carbocycles. The molecule has 0 radical (unpaired) electrons. The van der Waals surface area contributed by atoms with E-state index in [1.807, 2.05) is 33.8 Å². The Morgan fingerprint density at radius 3 is 2.44 bits per heavy atom. The van der Waals surface area contributed by atoms with E-state index in [2.05, 4.69) is 21.2 Å². The van der Waals surface area contributed by atoms with Crippen molar-refractivity contribution in [3.05, 3.63) is 22.2 Å². The second kappa shape index (κ2) is 5.61. The number of methoxy groups -OCH3 is 1. The maximum atomic E-state index is 11.7. The summed E-state index contributed by atoms with van der Waals surface area (Å²) in [5.74, 6) is 0.599. The lowest BCUT2D eigenvalue weighted by Crippen LogP contribution is -2.27. The van der Waals surface area contributed by atoms with Gasteiger partial charge in [-0.25, -0.2) is 4.79 Å². The van der Waals surface area contributed by atoms with Crippen molar-refractivity contribution in [2.75, 3.05) is 12.4 Å². The highest BCUT2D eigenvalue weighted by molar-refractivity contribution is 9.10. The Bertz CT molecular complexity index is 452. The molecule has 0 atom stereocenters. The number of rotatable bonds is 2. The third-order valence-corrected chi connectivity index (χ3v) is 2.97. The molecule has 0 aliphatic rings. The van der Waals surface area contributed by atoms with E-state index in [-0.39, 0.29) is 0 Å². The molecule has 1 N–H and O–H groups in total.